The fourth-order valence-corrected chi connectivity index (χ4v) is 9.03. The first-order chi connectivity index (χ1) is 30.0. The molecule has 1 aliphatic rings. The summed E-state index contributed by atoms with van der Waals surface area (Å²) >= 11 is 0. The van der Waals surface area contributed by atoms with Gasteiger partial charge in [-0.1, -0.05) is 199 Å². The maximum absolute atomic E-state index is 12.8. The van der Waals surface area contributed by atoms with Crippen molar-refractivity contribution in [3.05, 3.63) is 12.2 Å². The fourth-order valence-electron chi connectivity index (χ4n) is 8.06. The Kier molecular flexibility index (Phi) is 38.5. The van der Waals surface area contributed by atoms with Crippen molar-refractivity contribution in [2.75, 3.05) is 19.8 Å². The molecule has 0 aromatic carbocycles. The van der Waals surface area contributed by atoms with Gasteiger partial charge < -0.3 is 39.9 Å². The lowest BCUT2D eigenvalue weighted by Crippen LogP contribution is -2.64. The zero-order chi connectivity index (χ0) is 45.5. The Bertz CT molecular complexity index is 1080. The molecule has 0 bridgehead atoms. The smallest absolute Gasteiger partial charge is 0.457 e. The van der Waals surface area contributed by atoms with Crippen LogP contribution < -0.4 is 0 Å². The monoisotopic (exact) mass is 907 g/mol. The van der Waals surface area contributed by atoms with E-state index in [2.05, 4.69) is 26.0 Å². The van der Waals surface area contributed by atoms with E-state index in [0.29, 0.717) is 13.0 Å². The molecule has 1 aliphatic carbocycles. The van der Waals surface area contributed by atoms with Crippen LogP contribution in [0.4, 0.5) is 0 Å². The van der Waals surface area contributed by atoms with Crippen LogP contribution in [-0.2, 0) is 27.9 Å². The van der Waals surface area contributed by atoms with Gasteiger partial charge in [0.1, 0.15) is 42.7 Å². The summed E-state index contributed by atoms with van der Waals surface area (Å²) in [5.74, 6) is -0.481. The number of hydrogen-bond donors (Lipinski definition) is 6. The van der Waals surface area contributed by atoms with E-state index in [1.165, 1.54) is 148 Å². The Hall–Kier alpha value is -0.920. The zero-order valence-electron chi connectivity index (χ0n) is 39.4. The molecular weight excluding hydrogens is 812 g/mol. The van der Waals surface area contributed by atoms with Crippen LogP contribution in [-0.4, -0.2) is 98.9 Å². The second kappa shape index (κ2) is 40.4. The van der Waals surface area contributed by atoms with Crippen molar-refractivity contribution >= 4 is 13.8 Å². The van der Waals surface area contributed by atoms with E-state index < -0.39 is 63.1 Å². The lowest BCUT2D eigenvalue weighted by Gasteiger charge is -2.41. The third-order valence-corrected chi connectivity index (χ3v) is 13.1. The van der Waals surface area contributed by atoms with Gasteiger partial charge in [-0.25, -0.2) is 4.57 Å². The number of phosphoric acid groups is 1. The van der Waals surface area contributed by atoms with Crippen LogP contribution in [0.25, 0.3) is 0 Å². The molecule has 0 amide bonds. The molecule has 0 aliphatic heterocycles. The number of allylic oxidation sites excluding steroid dienone is 2. The zero-order valence-corrected chi connectivity index (χ0v) is 40.3. The number of unbranched alkanes of at least 4 members (excludes halogenated alkanes) is 30. The Morgan fingerprint density at radius 2 is 0.855 bits per heavy atom. The summed E-state index contributed by atoms with van der Waals surface area (Å²) in [6.07, 6.45) is 32.8. The first-order valence-corrected chi connectivity index (χ1v) is 27.0. The summed E-state index contributed by atoms with van der Waals surface area (Å²) in [4.78, 5) is 23.2. The highest BCUT2D eigenvalue weighted by atomic mass is 31.2. The molecule has 1 fully saturated rings. The van der Waals surface area contributed by atoms with E-state index in [1.807, 2.05) is 0 Å². The van der Waals surface area contributed by atoms with Gasteiger partial charge in [-0.05, 0) is 38.5 Å². The number of aliphatic hydroxyl groups is 5. The highest BCUT2D eigenvalue weighted by Crippen LogP contribution is 2.47. The molecule has 1 rings (SSSR count). The molecule has 13 heteroatoms. The topological polar surface area (TPSA) is 192 Å². The number of aliphatic hydroxyl groups excluding tert-OH is 5. The van der Waals surface area contributed by atoms with Crippen LogP contribution in [0.5, 0.6) is 0 Å². The summed E-state index contributed by atoms with van der Waals surface area (Å²) in [6, 6.07) is 0. The van der Waals surface area contributed by atoms with Crippen molar-refractivity contribution in [2.24, 2.45) is 0 Å². The Labute approximate surface area is 377 Å². The van der Waals surface area contributed by atoms with Gasteiger partial charge in [-0.15, -0.1) is 0 Å². The highest BCUT2D eigenvalue weighted by molar-refractivity contribution is 7.47. The quantitative estimate of drug-likeness (QED) is 0.0147. The predicted octanol–water partition coefficient (Wildman–Crippen LogP) is 11.1. The maximum atomic E-state index is 12.8. The summed E-state index contributed by atoms with van der Waals surface area (Å²) in [7, 11) is -5.02. The van der Waals surface area contributed by atoms with Crippen molar-refractivity contribution in [3.8, 4) is 0 Å². The number of ether oxygens (including phenoxy) is 2. The lowest BCUT2D eigenvalue weighted by molar-refractivity contribution is -0.220. The van der Waals surface area contributed by atoms with Crippen molar-refractivity contribution in [1.82, 2.24) is 0 Å². The van der Waals surface area contributed by atoms with E-state index >= 15 is 0 Å². The standard InChI is InChI=1S/C49H95O12P/c1-3-5-7-9-11-13-15-17-19-21-22-23-25-27-29-31-33-35-37-39-58-40-42(41-59-62(56,57)61-49-47(54)45(52)44(51)46(53)48(49)55)60-43(50)38-36-34-32-30-28-26-24-20-18-16-14-12-10-8-6-4-2/h20,24,42,44-49,51-55H,3-19,21-23,25-41H2,1-2H3,(H,56,57)/b24-20-. The molecule has 0 spiro atoms. The van der Waals surface area contributed by atoms with Gasteiger partial charge in [-0.2, -0.15) is 0 Å². The van der Waals surface area contributed by atoms with Gasteiger partial charge >= 0.3 is 13.8 Å². The Morgan fingerprint density at radius 3 is 1.27 bits per heavy atom. The van der Waals surface area contributed by atoms with E-state index in [0.717, 1.165) is 57.8 Å². The fraction of sp³-hybridized carbons (Fsp3) is 0.939. The maximum Gasteiger partial charge on any atom is 0.472 e. The van der Waals surface area contributed by atoms with E-state index in [-0.39, 0.29) is 13.0 Å². The predicted molar refractivity (Wildman–Crippen MR) is 249 cm³/mol. The summed E-state index contributed by atoms with van der Waals surface area (Å²) in [5.41, 5.74) is 0. The molecular formula is C49H95O12P. The van der Waals surface area contributed by atoms with Gasteiger partial charge in [0.15, 0.2) is 0 Å². The third kappa shape index (κ3) is 31.9. The van der Waals surface area contributed by atoms with Crippen LogP contribution in [0, 0.1) is 0 Å². The molecule has 6 unspecified atom stereocenters. The van der Waals surface area contributed by atoms with Gasteiger partial charge in [0.05, 0.1) is 13.2 Å². The summed E-state index contributed by atoms with van der Waals surface area (Å²) in [6.45, 7) is 4.29. The second-order valence-corrected chi connectivity index (χ2v) is 19.4. The van der Waals surface area contributed by atoms with E-state index in [1.54, 1.807) is 0 Å². The average molecular weight is 907 g/mol. The molecule has 368 valence electrons. The average Bonchev–Trinajstić information content (AvgIpc) is 3.26. The van der Waals surface area contributed by atoms with Gasteiger partial charge in [0.2, 0.25) is 0 Å². The normalized spacial score (nSPS) is 22.0. The Balaban J connectivity index is 2.34. The minimum Gasteiger partial charge on any atom is -0.457 e. The molecule has 1 saturated carbocycles. The van der Waals surface area contributed by atoms with Crippen molar-refractivity contribution in [2.45, 2.75) is 275 Å². The van der Waals surface area contributed by atoms with Gasteiger partial charge in [0.25, 0.3) is 0 Å². The molecule has 6 N–H and O–H groups in total. The van der Waals surface area contributed by atoms with Gasteiger partial charge in [0, 0.05) is 13.0 Å². The van der Waals surface area contributed by atoms with Crippen LogP contribution in [0.2, 0.25) is 0 Å². The second-order valence-electron chi connectivity index (χ2n) is 18.0. The molecule has 0 aromatic heterocycles. The van der Waals surface area contributed by atoms with Crippen molar-refractivity contribution < 1.29 is 58.3 Å². The highest BCUT2D eigenvalue weighted by Gasteiger charge is 2.51. The Morgan fingerprint density at radius 1 is 0.500 bits per heavy atom. The molecule has 0 saturated heterocycles. The van der Waals surface area contributed by atoms with Crippen LogP contribution in [0.3, 0.4) is 0 Å². The number of carbonyl (C=O) groups excluding carboxylic acids is 1. The molecule has 12 nitrogen and oxygen atoms in total. The number of hydrogen-bond acceptors (Lipinski definition) is 11. The third-order valence-electron chi connectivity index (χ3n) is 12.1. The number of phosphoric ester groups is 1. The summed E-state index contributed by atoms with van der Waals surface area (Å²) < 4.78 is 34.3. The molecule has 0 radical (unpaired) electrons. The van der Waals surface area contributed by atoms with E-state index in [4.69, 9.17) is 18.5 Å². The SMILES string of the molecule is CCCCCCCCC/C=C\CCCCCCCC(=O)OC(COCCCCCCCCCCCCCCCCCCCCC)COP(=O)(O)OC1C(O)C(O)C(O)C(O)C1O. The molecule has 0 heterocycles. The largest absolute Gasteiger partial charge is 0.472 e. The molecule has 0 aromatic rings. The first kappa shape index (κ1) is 59.1. The van der Waals surface area contributed by atoms with Crippen molar-refractivity contribution in [1.29, 1.82) is 0 Å². The van der Waals surface area contributed by atoms with Crippen molar-refractivity contribution in [3.63, 3.8) is 0 Å². The molecule has 62 heavy (non-hydrogen) atoms. The summed E-state index contributed by atoms with van der Waals surface area (Å²) in [5, 5.41) is 50.3. The number of rotatable bonds is 44. The van der Waals surface area contributed by atoms with Crippen LogP contribution in [0.1, 0.15) is 232 Å². The van der Waals surface area contributed by atoms with Crippen LogP contribution in [0.15, 0.2) is 12.2 Å². The number of esters is 1. The lowest BCUT2D eigenvalue weighted by atomic mass is 9.85. The minimum absolute atomic E-state index is 0.0738. The van der Waals surface area contributed by atoms with Crippen LogP contribution >= 0.6 is 7.82 Å². The molecule has 6 atom stereocenters. The van der Waals surface area contributed by atoms with E-state index in [9.17, 15) is 39.8 Å². The number of carbonyl (C=O) groups is 1. The first-order valence-electron chi connectivity index (χ1n) is 25.5. The van der Waals surface area contributed by atoms with Gasteiger partial charge in [-0.3, -0.25) is 13.8 Å². The minimum atomic E-state index is -5.02.